The Balaban J connectivity index is 1.38. The van der Waals surface area contributed by atoms with Gasteiger partial charge in [0.25, 0.3) is 0 Å². The van der Waals surface area contributed by atoms with E-state index in [9.17, 15) is 19.5 Å². The van der Waals surface area contributed by atoms with Crippen molar-refractivity contribution in [2.24, 2.45) is 0 Å². The lowest BCUT2D eigenvalue weighted by molar-refractivity contribution is -0.189. The second-order valence-corrected chi connectivity index (χ2v) is 11.5. The van der Waals surface area contributed by atoms with Crippen LogP contribution in [0.15, 0.2) is 97.7 Å². The van der Waals surface area contributed by atoms with Gasteiger partial charge >= 0.3 is 6.03 Å². The van der Waals surface area contributed by atoms with E-state index < -0.39 is 12.2 Å². The van der Waals surface area contributed by atoms with Gasteiger partial charge in [-0.1, -0.05) is 66.2 Å². The van der Waals surface area contributed by atoms with E-state index in [1.807, 2.05) is 48.5 Å². The first-order valence-corrected chi connectivity index (χ1v) is 15.1. The molecule has 0 saturated carbocycles. The zero-order valence-electron chi connectivity index (χ0n) is 24.6. The summed E-state index contributed by atoms with van der Waals surface area (Å²) in [5.41, 5.74) is 3.18. The van der Waals surface area contributed by atoms with Crippen LogP contribution in [0.25, 0.3) is 10.9 Å². The molecule has 0 unspecified atom stereocenters. The molecule has 6 rings (SSSR count). The van der Waals surface area contributed by atoms with Gasteiger partial charge in [0.15, 0.2) is 0 Å². The van der Waals surface area contributed by atoms with Gasteiger partial charge in [0.05, 0.1) is 18.6 Å². The second kappa shape index (κ2) is 13.0. The van der Waals surface area contributed by atoms with Crippen molar-refractivity contribution in [2.75, 3.05) is 19.6 Å². The number of hydrogen-bond donors (Lipinski definition) is 2. The highest BCUT2D eigenvalue weighted by Gasteiger charge is 2.51. The monoisotopic (exact) mass is 624 g/mol. The van der Waals surface area contributed by atoms with Crippen LogP contribution in [-0.2, 0) is 29.1 Å². The van der Waals surface area contributed by atoms with Crippen molar-refractivity contribution in [2.45, 2.75) is 31.7 Å². The molecule has 0 radical (unpaired) electrons. The fraction of sp³-hybridized carbons (Fsp3) is 0.235. The topological polar surface area (TPSA) is 109 Å². The summed E-state index contributed by atoms with van der Waals surface area (Å²) in [4.78, 5) is 49.8. The molecule has 2 N–H and O–H groups in total. The first-order valence-electron chi connectivity index (χ1n) is 14.7. The number of nitrogens with one attached hydrogen (secondary N) is 1. The molecule has 2 atom stereocenters. The number of aromatic hydroxyl groups is 1. The Morgan fingerprint density at radius 1 is 1.02 bits per heavy atom. The molecular weight excluding hydrogens is 592 g/mol. The fourth-order valence-electron chi connectivity index (χ4n) is 6.08. The van der Waals surface area contributed by atoms with Crippen molar-refractivity contribution in [3.05, 3.63) is 119 Å². The quantitative estimate of drug-likeness (QED) is 0.283. The second-order valence-electron chi connectivity index (χ2n) is 11.1. The maximum Gasteiger partial charge on any atom is 0.334 e. The molecule has 0 spiro atoms. The van der Waals surface area contributed by atoms with E-state index in [1.54, 1.807) is 62.4 Å². The van der Waals surface area contributed by atoms with Crippen molar-refractivity contribution < 1.29 is 19.5 Å². The van der Waals surface area contributed by atoms with Crippen LogP contribution in [0.4, 0.5) is 4.79 Å². The van der Waals surface area contributed by atoms with E-state index in [1.165, 1.54) is 0 Å². The van der Waals surface area contributed by atoms with Crippen LogP contribution < -0.4 is 5.32 Å². The van der Waals surface area contributed by atoms with Gasteiger partial charge in [-0.15, -0.1) is 6.58 Å². The fourth-order valence-corrected chi connectivity index (χ4v) is 6.30. The first kappa shape index (κ1) is 30.1. The molecule has 3 heterocycles. The van der Waals surface area contributed by atoms with Crippen molar-refractivity contribution in [3.63, 3.8) is 0 Å². The van der Waals surface area contributed by atoms with Gasteiger partial charge in [-0.3, -0.25) is 14.6 Å². The molecule has 2 saturated heterocycles. The molecule has 0 aliphatic carbocycles. The summed E-state index contributed by atoms with van der Waals surface area (Å²) in [6.45, 7) is 4.59. The van der Waals surface area contributed by atoms with E-state index >= 15 is 0 Å². The molecule has 4 amide bonds. The number of halogens is 1. The summed E-state index contributed by atoms with van der Waals surface area (Å²) >= 11 is 6.46. The molecule has 2 aliphatic heterocycles. The minimum absolute atomic E-state index is 0.0833. The van der Waals surface area contributed by atoms with Crippen LogP contribution >= 0.6 is 11.6 Å². The number of urea groups is 1. The number of pyridine rings is 1. The summed E-state index contributed by atoms with van der Waals surface area (Å²) < 4.78 is 0. The minimum Gasteiger partial charge on any atom is -0.508 e. The van der Waals surface area contributed by atoms with E-state index in [0.717, 1.165) is 22.1 Å². The predicted molar refractivity (Wildman–Crippen MR) is 171 cm³/mol. The van der Waals surface area contributed by atoms with Crippen molar-refractivity contribution in [1.29, 1.82) is 0 Å². The van der Waals surface area contributed by atoms with Crippen LogP contribution in [0.3, 0.4) is 0 Å². The Morgan fingerprint density at radius 2 is 1.80 bits per heavy atom. The predicted octanol–water partition coefficient (Wildman–Crippen LogP) is 4.33. The Bertz CT molecular complexity index is 1730. The summed E-state index contributed by atoms with van der Waals surface area (Å²) in [5, 5.41) is 17.4. The Kier molecular flexibility index (Phi) is 8.68. The summed E-state index contributed by atoms with van der Waals surface area (Å²) in [6, 6.07) is 22.2. The molecule has 2 fully saturated rings. The number of piperazine rings is 1. The number of benzene rings is 3. The van der Waals surface area contributed by atoms with Gasteiger partial charge in [-0.05, 0) is 47.0 Å². The number of carbonyl (C=O) groups excluding carboxylic acids is 3. The largest absolute Gasteiger partial charge is 0.508 e. The van der Waals surface area contributed by atoms with Gasteiger partial charge in [0.1, 0.15) is 18.0 Å². The van der Waals surface area contributed by atoms with Crippen molar-refractivity contribution in [3.8, 4) is 5.75 Å². The zero-order chi connectivity index (χ0) is 31.5. The van der Waals surface area contributed by atoms with Crippen LogP contribution in [0.1, 0.15) is 16.7 Å². The van der Waals surface area contributed by atoms with Gasteiger partial charge in [-0.2, -0.15) is 0 Å². The third-order valence-electron chi connectivity index (χ3n) is 8.19. The Hall–Kier alpha value is -4.93. The highest BCUT2D eigenvalue weighted by atomic mass is 35.5. The number of hydrogen-bond acceptors (Lipinski definition) is 6. The molecule has 1 aromatic heterocycles. The number of carbonyl (C=O) groups is 3. The standard InChI is InChI=1S/C34H33ClN6O4/c1-2-17-39-22-31(43)40-29(18-23-10-13-26(42)14-11-23)33(44)38(20-25-12-15-28(35)27-9-6-16-36-32(25)27)21-30(40)41(39)34(45)37-19-24-7-4-3-5-8-24/h2-16,29-30,42H,1,17-22H2,(H,37,45)/t29-,30-/m0/s1. The molecule has 4 aromatic rings. The molecule has 2 aliphatic rings. The average Bonchev–Trinajstić information content (AvgIpc) is 3.05. The number of rotatable bonds is 8. The van der Waals surface area contributed by atoms with E-state index in [0.29, 0.717) is 17.1 Å². The SMILES string of the molecule is C=CCN1CC(=O)N2[C@@H](Cc3ccc(O)cc3)C(=O)N(Cc3ccc(Cl)c4cccnc34)C[C@@H]2N1C(=O)NCc1ccccc1. The summed E-state index contributed by atoms with van der Waals surface area (Å²) in [5.74, 6) is -0.399. The molecule has 10 nitrogen and oxygen atoms in total. The lowest BCUT2D eigenvalue weighted by Crippen LogP contribution is -2.76. The van der Waals surface area contributed by atoms with E-state index in [4.69, 9.17) is 11.6 Å². The van der Waals surface area contributed by atoms with Crippen molar-refractivity contribution >= 4 is 40.3 Å². The maximum absolute atomic E-state index is 14.3. The smallest absolute Gasteiger partial charge is 0.334 e. The Morgan fingerprint density at radius 3 is 2.56 bits per heavy atom. The highest BCUT2D eigenvalue weighted by Crippen LogP contribution is 2.31. The highest BCUT2D eigenvalue weighted by molar-refractivity contribution is 6.35. The number of phenolic OH excluding ortho intramolecular Hbond substituents is 1. The van der Waals surface area contributed by atoms with Crippen LogP contribution in [0.2, 0.25) is 5.02 Å². The molecule has 0 bridgehead atoms. The zero-order valence-corrected chi connectivity index (χ0v) is 25.3. The van der Waals surface area contributed by atoms with E-state index in [2.05, 4.69) is 16.9 Å². The minimum atomic E-state index is -0.886. The average molecular weight is 625 g/mol. The molecule has 45 heavy (non-hydrogen) atoms. The maximum atomic E-state index is 14.3. The van der Waals surface area contributed by atoms with Crippen LogP contribution in [0.5, 0.6) is 5.75 Å². The molecule has 230 valence electrons. The van der Waals surface area contributed by atoms with Gasteiger partial charge in [0, 0.05) is 42.7 Å². The third kappa shape index (κ3) is 6.20. The number of amides is 4. The molecular formula is C34H33ClN6O4. The van der Waals surface area contributed by atoms with Gasteiger partial charge in [-0.25, -0.2) is 14.8 Å². The van der Waals surface area contributed by atoms with Crippen LogP contribution in [-0.4, -0.2) is 79.6 Å². The lowest BCUT2D eigenvalue weighted by Gasteiger charge is -2.55. The first-order chi connectivity index (χ1) is 21.8. The van der Waals surface area contributed by atoms with Crippen LogP contribution in [0, 0.1) is 0 Å². The van der Waals surface area contributed by atoms with Gasteiger partial charge < -0.3 is 20.2 Å². The normalized spacial score (nSPS) is 18.6. The summed E-state index contributed by atoms with van der Waals surface area (Å²) in [7, 11) is 0. The van der Waals surface area contributed by atoms with E-state index in [-0.39, 0.29) is 56.2 Å². The molecule has 11 heteroatoms. The lowest BCUT2D eigenvalue weighted by atomic mass is 9.98. The van der Waals surface area contributed by atoms with Gasteiger partial charge in [0.2, 0.25) is 11.8 Å². The third-order valence-corrected chi connectivity index (χ3v) is 8.52. The number of phenols is 1. The number of nitrogens with zero attached hydrogens (tertiary/aromatic N) is 5. The summed E-state index contributed by atoms with van der Waals surface area (Å²) in [6.07, 6.45) is 2.75. The number of aromatic nitrogens is 1. The van der Waals surface area contributed by atoms with Crippen molar-refractivity contribution in [1.82, 2.24) is 30.1 Å². The Labute approximate surface area is 266 Å². The number of hydrazine groups is 1. The number of fused-ring (bicyclic) bond motifs is 2. The molecule has 3 aromatic carbocycles.